The second-order valence-corrected chi connectivity index (χ2v) is 22.3. The molecule has 0 aromatic heterocycles. The monoisotopic (exact) mass is 1220 g/mol. The predicted octanol–water partition coefficient (Wildman–Crippen LogP) is -1.23. The van der Waals surface area contributed by atoms with E-state index in [-0.39, 0.29) is 93.8 Å². The van der Waals surface area contributed by atoms with Crippen molar-refractivity contribution in [2.75, 3.05) is 46.0 Å². The van der Waals surface area contributed by atoms with Gasteiger partial charge in [-0.2, -0.15) is 0 Å². The molecule has 34 heteroatoms. The Morgan fingerprint density at radius 3 is 0.259 bits per heavy atom. The molecule has 0 fully saturated rings. The molecule has 0 heterocycles. The van der Waals surface area contributed by atoms with Crippen LogP contribution in [0.4, 0.5) is 0 Å². The van der Waals surface area contributed by atoms with E-state index in [0.29, 0.717) is 51.4 Å². The minimum atomic E-state index is -3.92. The normalized spacial score (nSPS) is 11.3. The molecule has 0 saturated heterocycles. The van der Waals surface area contributed by atoms with Crippen molar-refractivity contribution in [2.45, 2.75) is 107 Å². The average Bonchev–Trinajstić information content (AvgIpc) is 2.86. The summed E-state index contributed by atoms with van der Waals surface area (Å²) in [5.41, 5.74) is 0. The number of hydrogen-bond acceptors (Lipinski definition) is 24. The molecule has 0 aliphatic carbocycles. The van der Waals surface area contributed by atoms with Crippen LogP contribution in [0.3, 0.4) is 0 Å². The van der Waals surface area contributed by atoms with E-state index >= 15 is 0 Å². The maximum absolute atomic E-state index is 9.68. The third-order valence-electron chi connectivity index (χ3n) is 3.63. The summed E-state index contributed by atoms with van der Waals surface area (Å²) in [6.45, 7) is 13.2. The van der Waals surface area contributed by atoms with Gasteiger partial charge in [-0.3, -0.25) is 0 Å². The van der Waals surface area contributed by atoms with E-state index in [0.717, 1.165) is 0 Å². The molecule has 0 bridgehead atoms. The Hall–Kier alpha value is 0.877. The minimum Gasteiger partial charge on any atom is -0.748 e. The summed E-state index contributed by atoms with van der Waals surface area (Å²) in [6.07, 6.45) is 3.27. The van der Waals surface area contributed by atoms with Crippen molar-refractivity contribution in [3.63, 3.8) is 0 Å². The molecule has 0 rings (SSSR count). The third-order valence-corrected chi connectivity index (χ3v) is 10.9. The quantitative estimate of drug-likeness (QED) is 0.129. The van der Waals surface area contributed by atoms with E-state index in [9.17, 15) is 104 Å². The average molecular weight is 1220 g/mol. The molecule has 0 amide bonds. The second kappa shape index (κ2) is 44.5. The first kappa shape index (κ1) is 82.6. The standard InChI is InChI=1S/8C3H8O3S.2Sn/c8*1-2-3-7(4,5)6;;/h8*2-3H2,1H3,(H,4,5,6);;/q;;;;;;;;2*+4/p-8. The smallest absolute Gasteiger partial charge is 0.748 e. The van der Waals surface area contributed by atoms with Crippen LogP contribution in [0, 0.1) is 0 Å². The molecule has 0 aliphatic rings. The van der Waals surface area contributed by atoms with Crippen molar-refractivity contribution < 1.29 is 104 Å². The van der Waals surface area contributed by atoms with Gasteiger partial charge < -0.3 is 36.4 Å². The zero-order valence-corrected chi connectivity index (χ0v) is 45.6. The third kappa shape index (κ3) is 164. The van der Waals surface area contributed by atoms with E-state index in [1.165, 1.54) is 0 Å². The van der Waals surface area contributed by atoms with E-state index in [1.54, 1.807) is 55.4 Å². The Labute approximate surface area is 381 Å². The fourth-order valence-electron chi connectivity index (χ4n) is 2.00. The molecule has 0 N–H and O–H groups in total. The van der Waals surface area contributed by atoms with Crippen LogP contribution >= 0.6 is 0 Å². The van der Waals surface area contributed by atoms with Crippen molar-refractivity contribution in [1.82, 2.24) is 0 Å². The van der Waals surface area contributed by atoms with E-state index in [1.807, 2.05) is 0 Å². The Kier molecular flexibility index (Phi) is 63.3. The van der Waals surface area contributed by atoms with Gasteiger partial charge in [-0.15, -0.1) is 0 Å². The maximum Gasteiger partial charge on any atom is 4.00 e. The first-order valence-electron chi connectivity index (χ1n) is 16.0. The van der Waals surface area contributed by atoms with Gasteiger partial charge in [0.25, 0.3) is 0 Å². The predicted molar refractivity (Wildman–Crippen MR) is 210 cm³/mol. The fourth-order valence-corrected chi connectivity index (χ4v) is 6.00. The SMILES string of the molecule is CCCS(=O)(=O)[O-].CCCS(=O)(=O)[O-].CCCS(=O)(=O)[O-].CCCS(=O)(=O)[O-].CCCS(=O)(=O)[O-].CCCS(=O)(=O)[O-].CCCS(=O)(=O)[O-].CCCS(=O)(=O)[O-].[Sn+4].[Sn+4]. The van der Waals surface area contributed by atoms with Crippen LogP contribution in [-0.4, -0.2) is 198 Å². The van der Waals surface area contributed by atoms with E-state index in [2.05, 4.69) is 0 Å². The summed E-state index contributed by atoms with van der Waals surface area (Å²) in [4.78, 5) is 0. The van der Waals surface area contributed by atoms with Crippen LogP contribution in [0.25, 0.3) is 0 Å². The second-order valence-electron chi connectivity index (χ2n) is 10.1. The van der Waals surface area contributed by atoms with Crippen LogP contribution in [0.1, 0.15) is 107 Å². The van der Waals surface area contributed by atoms with Crippen LogP contribution in [0.2, 0.25) is 0 Å². The molecule has 0 aromatic carbocycles. The molecule has 0 radical (unpaired) electrons. The van der Waals surface area contributed by atoms with Crippen molar-refractivity contribution in [3.8, 4) is 0 Å². The first-order valence-corrected chi connectivity index (χ1v) is 28.6. The van der Waals surface area contributed by atoms with E-state index < -0.39 is 80.9 Å². The largest absolute Gasteiger partial charge is 4.00 e. The van der Waals surface area contributed by atoms with Gasteiger partial charge in [0, 0.05) is 46.0 Å². The molecule has 0 aromatic rings. The molecular formula is C24H56O24S8Sn2. The Morgan fingerprint density at radius 2 is 0.259 bits per heavy atom. The van der Waals surface area contributed by atoms with Crippen molar-refractivity contribution >= 4 is 129 Å². The van der Waals surface area contributed by atoms with Gasteiger partial charge in [0.1, 0.15) is 0 Å². The van der Waals surface area contributed by atoms with Gasteiger partial charge in [0.05, 0.1) is 80.9 Å². The Bertz CT molecular complexity index is 1410. The van der Waals surface area contributed by atoms with Gasteiger partial charge in [-0.05, 0) is 51.4 Å². The maximum atomic E-state index is 9.68. The van der Waals surface area contributed by atoms with Crippen LogP contribution in [0.5, 0.6) is 0 Å². The van der Waals surface area contributed by atoms with Crippen LogP contribution in [0.15, 0.2) is 0 Å². The Balaban J connectivity index is -0.0000000565. The molecule has 352 valence electrons. The Morgan fingerprint density at radius 1 is 0.207 bits per heavy atom. The molecule has 58 heavy (non-hydrogen) atoms. The molecule has 24 nitrogen and oxygen atoms in total. The summed E-state index contributed by atoms with van der Waals surface area (Å²) >= 11 is 0. The molecule has 0 atom stereocenters. The minimum absolute atomic E-state index is 0. The molecule has 0 unspecified atom stereocenters. The fraction of sp³-hybridized carbons (Fsp3) is 1.00. The zero-order chi connectivity index (χ0) is 47.3. The van der Waals surface area contributed by atoms with Gasteiger partial charge in [0.2, 0.25) is 0 Å². The van der Waals surface area contributed by atoms with Crippen molar-refractivity contribution in [2.24, 2.45) is 0 Å². The first-order chi connectivity index (χ1) is 24.5. The number of hydrogen-bond donors (Lipinski definition) is 0. The topological polar surface area (TPSA) is 458 Å². The van der Waals surface area contributed by atoms with Crippen molar-refractivity contribution in [1.29, 1.82) is 0 Å². The molecular weight excluding hydrogens is 1170 g/mol. The van der Waals surface area contributed by atoms with Crippen LogP contribution < -0.4 is 0 Å². The van der Waals surface area contributed by atoms with Gasteiger partial charge in [-0.1, -0.05) is 55.4 Å². The zero-order valence-electron chi connectivity index (χ0n) is 33.4. The van der Waals surface area contributed by atoms with Gasteiger partial charge in [0.15, 0.2) is 0 Å². The molecule has 0 aliphatic heterocycles. The molecule has 0 saturated carbocycles. The van der Waals surface area contributed by atoms with Gasteiger partial charge >= 0.3 is 47.8 Å². The number of rotatable bonds is 16. The van der Waals surface area contributed by atoms with E-state index in [4.69, 9.17) is 0 Å². The van der Waals surface area contributed by atoms with Crippen molar-refractivity contribution in [3.05, 3.63) is 0 Å². The summed E-state index contributed by atoms with van der Waals surface area (Å²) in [5, 5.41) is 0. The summed E-state index contributed by atoms with van der Waals surface area (Å²) in [7, 11) is -31.4. The molecule has 0 spiro atoms. The summed E-state index contributed by atoms with van der Waals surface area (Å²) in [6, 6.07) is 0. The summed E-state index contributed by atoms with van der Waals surface area (Å²) in [5.74, 6) is -1.94. The van der Waals surface area contributed by atoms with Crippen LogP contribution in [-0.2, 0) is 80.9 Å². The summed E-state index contributed by atoms with van der Waals surface area (Å²) < 4.78 is 232. The van der Waals surface area contributed by atoms with Gasteiger partial charge in [-0.25, -0.2) is 67.3 Å².